The lowest BCUT2D eigenvalue weighted by molar-refractivity contribution is 0.572. The summed E-state index contributed by atoms with van der Waals surface area (Å²) in [4.78, 5) is 21.2. The highest BCUT2D eigenvalue weighted by atomic mass is 16.3. The molecule has 0 atom stereocenters. The first kappa shape index (κ1) is 17.3. The van der Waals surface area contributed by atoms with Crippen molar-refractivity contribution in [3.63, 3.8) is 0 Å². The van der Waals surface area contributed by atoms with Crippen LogP contribution in [0, 0.1) is 6.92 Å². The molecule has 0 aliphatic carbocycles. The smallest absolute Gasteiger partial charge is 0.139 e. The zero-order valence-electron chi connectivity index (χ0n) is 16.3. The van der Waals surface area contributed by atoms with E-state index in [-0.39, 0.29) is 0 Å². The van der Waals surface area contributed by atoms with Gasteiger partial charge in [-0.3, -0.25) is 0 Å². The highest BCUT2D eigenvalue weighted by Gasteiger charge is 2.22. The maximum absolute atomic E-state index is 5.53. The van der Waals surface area contributed by atoms with Crippen molar-refractivity contribution < 1.29 is 4.42 Å². The largest absolute Gasteiger partial charge is 0.464 e. The molecule has 5 heterocycles. The van der Waals surface area contributed by atoms with Gasteiger partial charge in [0.2, 0.25) is 0 Å². The lowest BCUT2D eigenvalue weighted by Gasteiger charge is -2.36. The Morgan fingerprint density at radius 2 is 1.50 bits per heavy atom. The second-order valence-corrected chi connectivity index (χ2v) is 7.62. The Morgan fingerprint density at radius 3 is 2.25 bits per heavy atom. The van der Waals surface area contributed by atoms with Gasteiger partial charge in [0, 0.05) is 51.5 Å². The van der Waals surface area contributed by atoms with Crippen molar-refractivity contribution in [2.24, 2.45) is 0 Å². The molecule has 28 heavy (non-hydrogen) atoms. The second kappa shape index (κ2) is 7.30. The molecule has 3 aromatic rings. The monoisotopic (exact) mass is 378 g/mol. The molecule has 0 spiro atoms. The van der Waals surface area contributed by atoms with Gasteiger partial charge >= 0.3 is 0 Å². The normalized spacial score (nSPS) is 18.1. The van der Waals surface area contributed by atoms with Crippen LogP contribution in [0.1, 0.15) is 25.1 Å². The predicted molar refractivity (Wildman–Crippen MR) is 111 cm³/mol. The van der Waals surface area contributed by atoms with E-state index in [0.29, 0.717) is 0 Å². The topological polar surface area (TPSA) is 61.5 Å². The third kappa shape index (κ3) is 3.25. The van der Waals surface area contributed by atoms with Crippen molar-refractivity contribution in [3.05, 3.63) is 36.5 Å². The van der Waals surface area contributed by atoms with Crippen LogP contribution in [0.15, 0.2) is 35.1 Å². The van der Waals surface area contributed by atoms with E-state index >= 15 is 0 Å². The van der Waals surface area contributed by atoms with Gasteiger partial charge in [0.1, 0.15) is 28.9 Å². The fourth-order valence-electron chi connectivity index (χ4n) is 4.26. The van der Waals surface area contributed by atoms with Gasteiger partial charge in [0.15, 0.2) is 0 Å². The van der Waals surface area contributed by atoms with Crippen molar-refractivity contribution in [2.45, 2.75) is 26.2 Å². The molecule has 5 rings (SSSR count). The number of furan rings is 1. The quantitative estimate of drug-likeness (QED) is 0.693. The summed E-state index contributed by atoms with van der Waals surface area (Å²) < 4.78 is 5.53. The molecular formula is C21H26N6O. The summed E-state index contributed by atoms with van der Waals surface area (Å²) in [6.07, 6.45) is 7.39. The number of pyridine rings is 1. The first-order chi connectivity index (χ1) is 13.8. The molecule has 0 amide bonds. The van der Waals surface area contributed by atoms with Crippen LogP contribution in [0.3, 0.4) is 0 Å². The third-order valence-corrected chi connectivity index (χ3v) is 5.75. The van der Waals surface area contributed by atoms with Gasteiger partial charge in [0.05, 0.1) is 11.6 Å². The predicted octanol–water partition coefficient (Wildman–Crippen LogP) is 3.24. The highest BCUT2D eigenvalue weighted by molar-refractivity contribution is 5.88. The standard InChI is InChI=1S/C21H26N6O/c1-16-23-19(25-8-3-2-4-9-25)15-20(24-16)26-10-12-27(13-11-26)21-17-6-14-28-18(17)5-7-22-21/h5-7,14-15H,2-4,8-13H2,1H3. The average molecular weight is 378 g/mol. The number of aromatic nitrogens is 3. The molecule has 0 bridgehead atoms. The molecule has 146 valence electrons. The number of hydrogen-bond donors (Lipinski definition) is 0. The molecule has 0 saturated carbocycles. The maximum Gasteiger partial charge on any atom is 0.139 e. The van der Waals surface area contributed by atoms with E-state index in [9.17, 15) is 0 Å². The summed E-state index contributed by atoms with van der Waals surface area (Å²) >= 11 is 0. The van der Waals surface area contributed by atoms with Crippen molar-refractivity contribution in [1.29, 1.82) is 0 Å². The van der Waals surface area contributed by atoms with Crippen LogP contribution in [0.25, 0.3) is 11.0 Å². The fraction of sp³-hybridized carbons (Fsp3) is 0.476. The Hall–Kier alpha value is -2.83. The Kier molecular flexibility index (Phi) is 4.50. The maximum atomic E-state index is 5.53. The first-order valence-corrected chi connectivity index (χ1v) is 10.2. The van der Waals surface area contributed by atoms with E-state index in [1.165, 1.54) is 19.3 Å². The van der Waals surface area contributed by atoms with Gasteiger partial charge < -0.3 is 19.1 Å². The molecule has 0 radical (unpaired) electrons. The van der Waals surface area contributed by atoms with Crippen LogP contribution in [-0.4, -0.2) is 54.2 Å². The Balaban J connectivity index is 1.33. The first-order valence-electron chi connectivity index (χ1n) is 10.2. The van der Waals surface area contributed by atoms with E-state index in [1.807, 2.05) is 25.3 Å². The van der Waals surface area contributed by atoms with E-state index in [1.54, 1.807) is 6.26 Å². The SMILES string of the molecule is Cc1nc(N2CCCCC2)cc(N2CCN(c3nccc4occc34)CC2)n1. The number of anilines is 3. The molecule has 2 fully saturated rings. The third-order valence-electron chi connectivity index (χ3n) is 5.75. The lowest BCUT2D eigenvalue weighted by atomic mass is 10.1. The van der Waals surface area contributed by atoms with Gasteiger partial charge in [-0.2, -0.15) is 0 Å². The molecule has 2 aliphatic rings. The fourth-order valence-corrected chi connectivity index (χ4v) is 4.26. The van der Waals surface area contributed by atoms with Crippen LogP contribution >= 0.6 is 0 Å². The van der Waals surface area contributed by atoms with Crippen LogP contribution < -0.4 is 14.7 Å². The lowest BCUT2D eigenvalue weighted by Crippen LogP contribution is -2.47. The van der Waals surface area contributed by atoms with E-state index in [4.69, 9.17) is 14.4 Å². The van der Waals surface area contributed by atoms with Gasteiger partial charge in [-0.05, 0) is 38.3 Å². The molecule has 0 N–H and O–H groups in total. The number of fused-ring (bicyclic) bond motifs is 1. The molecule has 2 aliphatic heterocycles. The molecule has 7 heteroatoms. The van der Waals surface area contributed by atoms with Crippen molar-refractivity contribution in [1.82, 2.24) is 15.0 Å². The van der Waals surface area contributed by atoms with E-state index < -0.39 is 0 Å². The number of piperazine rings is 1. The molecule has 7 nitrogen and oxygen atoms in total. The van der Waals surface area contributed by atoms with Crippen LogP contribution in [0.2, 0.25) is 0 Å². The molecule has 2 saturated heterocycles. The van der Waals surface area contributed by atoms with Crippen molar-refractivity contribution >= 4 is 28.4 Å². The number of nitrogens with zero attached hydrogens (tertiary/aromatic N) is 6. The zero-order valence-corrected chi connectivity index (χ0v) is 16.3. The van der Waals surface area contributed by atoms with E-state index in [2.05, 4.69) is 25.8 Å². The summed E-state index contributed by atoms with van der Waals surface area (Å²) in [5.41, 5.74) is 0.894. The zero-order chi connectivity index (χ0) is 18.9. The minimum Gasteiger partial charge on any atom is -0.464 e. The van der Waals surface area contributed by atoms with Crippen molar-refractivity contribution in [3.8, 4) is 0 Å². The minimum atomic E-state index is 0.852. The van der Waals surface area contributed by atoms with Crippen LogP contribution in [-0.2, 0) is 0 Å². The van der Waals surface area contributed by atoms with Gasteiger partial charge in [0.25, 0.3) is 0 Å². The van der Waals surface area contributed by atoms with Gasteiger partial charge in [-0.1, -0.05) is 0 Å². The van der Waals surface area contributed by atoms with Crippen molar-refractivity contribution in [2.75, 3.05) is 54.0 Å². The van der Waals surface area contributed by atoms with Gasteiger partial charge in [-0.15, -0.1) is 0 Å². The summed E-state index contributed by atoms with van der Waals surface area (Å²) in [5, 5.41) is 1.08. The van der Waals surface area contributed by atoms with Crippen LogP contribution in [0.5, 0.6) is 0 Å². The second-order valence-electron chi connectivity index (χ2n) is 7.62. The summed E-state index contributed by atoms with van der Waals surface area (Å²) in [6, 6.07) is 6.09. The molecule has 3 aromatic heterocycles. The molecular weight excluding hydrogens is 352 g/mol. The Morgan fingerprint density at radius 1 is 0.821 bits per heavy atom. The number of hydrogen-bond acceptors (Lipinski definition) is 7. The number of aryl methyl sites for hydroxylation is 1. The minimum absolute atomic E-state index is 0.852. The van der Waals surface area contributed by atoms with E-state index in [0.717, 1.165) is 73.5 Å². The molecule has 0 unspecified atom stereocenters. The Labute approximate surface area is 165 Å². The summed E-state index contributed by atoms with van der Waals surface area (Å²) in [7, 11) is 0. The van der Waals surface area contributed by atoms with Gasteiger partial charge in [-0.25, -0.2) is 15.0 Å². The number of rotatable bonds is 3. The Bertz CT molecular complexity index is 956. The number of piperidine rings is 1. The average Bonchev–Trinajstić information content (AvgIpc) is 3.23. The highest BCUT2D eigenvalue weighted by Crippen LogP contribution is 2.28. The summed E-state index contributed by atoms with van der Waals surface area (Å²) in [6.45, 7) is 7.88. The molecule has 0 aromatic carbocycles. The van der Waals surface area contributed by atoms with Crippen LogP contribution in [0.4, 0.5) is 17.5 Å². The summed E-state index contributed by atoms with van der Waals surface area (Å²) in [5.74, 6) is 3.99.